The Morgan fingerprint density at radius 1 is 1.12 bits per heavy atom. The Morgan fingerprint density at radius 3 is 2.33 bits per heavy atom. The molecule has 0 aliphatic carbocycles. The number of sulfonamides is 1. The summed E-state index contributed by atoms with van der Waals surface area (Å²) >= 11 is 0.961. The maximum absolute atomic E-state index is 12.6. The van der Waals surface area contributed by atoms with Gasteiger partial charge in [-0.15, -0.1) is 3.71 Å². The van der Waals surface area contributed by atoms with Crippen molar-refractivity contribution in [1.82, 2.24) is 3.71 Å². The first-order chi connectivity index (χ1) is 11.4. The summed E-state index contributed by atoms with van der Waals surface area (Å²) in [5.41, 5.74) is 5.84. The molecule has 0 bridgehead atoms. The molecule has 2 aromatic carbocycles. The van der Waals surface area contributed by atoms with Gasteiger partial charge in [0.25, 0.3) is 0 Å². The van der Waals surface area contributed by atoms with Gasteiger partial charge in [0.2, 0.25) is 10.0 Å². The van der Waals surface area contributed by atoms with Crippen LogP contribution in [0, 0.1) is 0 Å². The van der Waals surface area contributed by atoms with Crippen molar-refractivity contribution in [2.24, 2.45) is 5.73 Å². The Morgan fingerprint density at radius 2 is 1.71 bits per heavy atom. The number of benzene rings is 2. The lowest BCUT2D eigenvalue weighted by Gasteiger charge is -2.19. The van der Waals surface area contributed by atoms with Crippen molar-refractivity contribution in [1.29, 1.82) is 0 Å². The number of carbonyl (C=O) groups excluding carboxylic acids is 1. The fourth-order valence-corrected chi connectivity index (χ4v) is 3.75. The maximum Gasteiger partial charge on any atom is 0.246 e. The summed E-state index contributed by atoms with van der Waals surface area (Å²) in [4.78, 5) is 12.6. The van der Waals surface area contributed by atoms with Crippen LogP contribution in [0.25, 0.3) is 0 Å². The number of para-hydroxylation sites is 2. The standard InChI is InChI=1S/C16H18N2O4S2/c1-18(23-2)24(20,21)16(17)15(19)13-10-6-7-11-14(13)22-12-8-4-3-5-9-12/h3-11,16H,17H2,1-2H3. The van der Waals surface area contributed by atoms with E-state index in [1.807, 2.05) is 6.07 Å². The highest BCUT2D eigenvalue weighted by molar-refractivity contribution is 8.08. The molecule has 0 aromatic heterocycles. The van der Waals surface area contributed by atoms with Gasteiger partial charge in [-0.25, -0.2) is 8.42 Å². The molecule has 2 N–H and O–H groups in total. The molecule has 2 rings (SSSR count). The SMILES string of the molecule is CSN(C)S(=O)(=O)C(N)C(=O)c1ccccc1Oc1ccccc1. The van der Waals surface area contributed by atoms with E-state index in [1.165, 1.54) is 13.1 Å². The summed E-state index contributed by atoms with van der Waals surface area (Å²) in [6, 6.07) is 15.3. The maximum atomic E-state index is 12.6. The third-order valence-electron chi connectivity index (χ3n) is 3.32. The van der Waals surface area contributed by atoms with Crippen LogP contribution in [0.4, 0.5) is 0 Å². The number of hydrogen-bond donors (Lipinski definition) is 1. The summed E-state index contributed by atoms with van der Waals surface area (Å²) in [6.45, 7) is 0. The van der Waals surface area contributed by atoms with Crippen LogP contribution in [-0.4, -0.2) is 36.6 Å². The predicted molar refractivity (Wildman–Crippen MR) is 95.5 cm³/mol. The fraction of sp³-hybridized carbons (Fsp3) is 0.188. The Bertz CT molecular complexity index is 810. The van der Waals surface area contributed by atoms with E-state index >= 15 is 0 Å². The molecule has 0 saturated carbocycles. The zero-order valence-electron chi connectivity index (χ0n) is 13.2. The van der Waals surface area contributed by atoms with Gasteiger partial charge in [0.15, 0.2) is 11.2 Å². The van der Waals surface area contributed by atoms with E-state index in [0.717, 1.165) is 15.7 Å². The van der Waals surface area contributed by atoms with E-state index in [1.54, 1.807) is 48.7 Å². The molecule has 128 valence electrons. The first-order valence-electron chi connectivity index (χ1n) is 7.01. The number of nitrogens with two attached hydrogens (primary N) is 1. The highest BCUT2D eigenvalue weighted by Gasteiger charge is 2.34. The molecule has 0 heterocycles. The predicted octanol–water partition coefficient (Wildman–Crippen LogP) is 2.49. The lowest BCUT2D eigenvalue weighted by Crippen LogP contribution is -2.44. The Balaban J connectivity index is 2.34. The first-order valence-corrected chi connectivity index (χ1v) is 9.70. The topological polar surface area (TPSA) is 89.7 Å². The molecule has 0 aliphatic rings. The van der Waals surface area contributed by atoms with Gasteiger partial charge >= 0.3 is 0 Å². The second-order valence-corrected chi connectivity index (χ2v) is 8.06. The largest absolute Gasteiger partial charge is 0.457 e. The van der Waals surface area contributed by atoms with Crippen molar-refractivity contribution < 1.29 is 17.9 Å². The number of Topliss-reactive ketones (excluding diaryl/α,β-unsaturated/α-hetero) is 1. The molecule has 1 atom stereocenters. The van der Waals surface area contributed by atoms with Crippen molar-refractivity contribution in [3.05, 3.63) is 60.2 Å². The van der Waals surface area contributed by atoms with Crippen molar-refractivity contribution in [3.8, 4) is 11.5 Å². The van der Waals surface area contributed by atoms with Crippen molar-refractivity contribution in [2.45, 2.75) is 5.37 Å². The number of rotatable bonds is 7. The van der Waals surface area contributed by atoms with Crippen LogP contribution in [0.1, 0.15) is 10.4 Å². The van der Waals surface area contributed by atoms with Gasteiger partial charge in [0.1, 0.15) is 11.5 Å². The first kappa shape index (κ1) is 18.5. The van der Waals surface area contributed by atoms with Gasteiger partial charge in [0.05, 0.1) is 5.56 Å². The van der Waals surface area contributed by atoms with E-state index in [2.05, 4.69) is 0 Å². The van der Waals surface area contributed by atoms with Crippen LogP contribution in [0.5, 0.6) is 11.5 Å². The van der Waals surface area contributed by atoms with Crippen LogP contribution in [0.15, 0.2) is 54.6 Å². The van der Waals surface area contributed by atoms with Gasteiger partial charge in [-0.3, -0.25) is 4.79 Å². The molecule has 0 aliphatic heterocycles. The third kappa shape index (κ3) is 3.96. The van der Waals surface area contributed by atoms with Gasteiger partial charge < -0.3 is 10.5 Å². The highest BCUT2D eigenvalue weighted by atomic mass is 32.3. The van der Waals surface area contributed by atoms with E-state index in [4.69, 9.17) is 10.5 Å². The van der Waals surface area contributed by atoms with Crippen molar-refractivity contribution in [3.63, 3.8) is 0 Å². The van der Waals surface area contributed by atoms with Crippen molar-refractivity contribution in [2.75, 3.05) is 13.3 Å². The fourth-order valence-electron chi connectivity index (χ4n) is 1.93. The van der Waals surface area contributed by atoms with Crippen LogP contribution in [-0.2, 0) is 10.0 Å². The summed E-state index contributed by atoms with van der Waals surface area (Å²) in [6.07, 6.45) is 1.58. The van der Waals surface area contributed by atoms with Gasteiger partial charge in [0, 0.05) is 7.05 Å². The molecular weight excluding hydrogens is 348 g/mol. The monoisotopic (exact) mass is 366 g/mol. The summed E-state index contributed by atoms with van der Waals surface area (Å²) in [7, 11) is -2.61. The minimum absolute atomic E-state index is 0.118. The van der Waals surface area contributed by atoms with Gasteiger partial charge in [-0.05, 0) is 30.5 Å². The molecule has 8 heteroatoms. The van der Waals surface area contributed by atoms with E-state index in [9.17, 15) is 13.2 Å². The molecule has 24 heavy (non-hydrogen) atoms. The van der Waals surface area contributed by atoms with Crippen molar-refractivity contribution >= 4 is 27.8 Å². The normalized spacial score (nSPS) is 12.8. The second-order valence-electron chi connectivity index (χ2n) is 4.83. The lowest BCUT2D eigenvalue weighted by atomic mass is 10.1. The number of ketones is 1. The molecule has 2 aromatic rings. The number of ether oxygens (including phenoxy) is 1. The van der Waals surface area contributed by atoms with E-state index in [0.29, 0.717) is 5.75 Å². The minimum Gasteiger partial charge on any atom is -0.457 e. The summed E-state index contributed by atoms with van der Waals surface area (Å²) < 4.78 is 31.2. The molecule has 0 amide bonds. The molecule has 0 radical (unpaired) electrons. The molecule has 0 fully saturated rings. The average Bonchev–Trinajstić information content (AvgIpc) is 2.61. The smallest absolute Gasteiger partial charge is 0.246 e. The molecule has 0 spiro atoms. The lowest BCUT2D eigenvalue weighted by molar-refractivity contribution is 0.0985. The van der Waals surface area contributed by atoms with E-state index in [-0.39, 0.29) is 11.3 Å². The quantitative estimate of drug-likeness (QED) is 0.598. The Labute approximate surface area is 145 Å². The Kier molecular flexibility index (Phi) is 6.00. The molecular formula is C16H18N2O4S2. The van der Waals surface area contributed by atoms with Crippen LogP contribution >= 0.6 is 11.9 Å². The van der Waals surface area contributed by atoms with Gasteiger partial charge in [-0.2, -0.15) is 0 Å². The zero-order valence-corrected chi connectivity index (χ0v) is 14.9. The van der Waals surface area contributed by atoms with Crippen LogP contribution in [0.3, 0.4) is 0 Å². The summed E-state index contributed by atoms with van der Waals surface area (Å²) in [5, 5.41) is -1.70. The average molecular weight is 366 g/mol. The number of carbonyl (C=O) groups is 1. The second kappa shape index (κ2) is 7.80. The third-order valence-corrected chi connectivity index (χ3v) is 6.48. The van der Waals surface area contributed by atoms with Gasteiger partial charge in [-0.1, -0.05) is 42.3 Å². The highest BCUT2D eigenvalue weighted by Crippen LogP contribution is 2.27. The summed E-state index contributed by atoms with van der Waals surface area (Å²) in [5.74, 6) is 0.0731. The number of nitrogens with zero attached hydrogens (tertiary/aromatic N) is 1. The van der Waals surface area contributed by atoms with Crippen LogP contribution < -0.4 is 10.5 Å². The van der Waals surface area contributed by atoms with Crippen LogP contribution in [0.2, 0.25) is 0 Å². The molecule has 1 unspecified atom stereocenters. The zero-order chi connectivity index (χ0) is 17.7. The van der Waals surface area contributed by atoms with E-state index < -0.39 is 21.2 Å². The minimum atomic E-state index is -3.96. The Hall–Kier alpha value is -1.87. The number of hydrogen-bond acceptors (Lipinski definition) is 6. The molecule has 6 nitrogen and oxygen atoms in total. The molecule has 0 saturated heterocycles.